The summed E-state index contributed by atoms with van der Waals surface area (Å²) in [6.07, 6.45) is 7.19. The van der Waals surface area contributed by atoms with Crippen molar-refractivity contribution in [3.8, 4) is 17.0 Å². The van der Waals surface area contributed by atoms with E-state index in [4.69, 9.17) is 9.72 Å². The fraction of sp³-hybridized carbons (Fsp3) is 0.286. The molecule has 0 unspecified atom stereocenters. The fourth-order valence-electron chi connectivity index (χ4n) is 4.99. The number of para-hydroxylation sites is 1. The molecule has 1 aliphatic rings. The summed E-state index contributed by atoms with van der Waals surface area (Å²) in [5, 5.41) is 4.55. The van der Waals surface area contributed by atoms with Crippen LogP contribution < -0.4 is 10.1 Å². The first-order valence-electron chi connectivity index (χ1n) is 11.6. The molecule has 0 saturated heterocycles. The summed E-state index contributed by atoms with van der Waals surface area (Å²) in [6, 6.07) is 19.8. The van der Waals surface area contributed by atoms with Crippen molar-refractivity contribution >= 4 is 16.8 Å². The van der Waals surface area contributed by atoms with Crippen molar-refractivity contribution in [2.75, 3.05) is 7.11 Å². The quantitative estimate of drug-likeness (QED) is 0.393. The lowest BCUT2D eigenvalue weighted by Gasteiger charge is -2.37. The van der Waals surface area contributed by atoms with E-state index in [0.717, 1.165) is 48.2 Å². The van der Waals surface area contributed by atoms with Crippen LogP contribution >= 0.6 is 0 Å². The zero-order chi connectivity index (χ0) is 22.8. The van der Waals surface area contributed by atoms with Crippen molar-refractivity contribution in [3.63, 3.8) is 0 Å². The Morgan fingerprint density at radius 2 is 1.85 bits per heavy atom. The van der Waals surface area contributed by atoms with E-state index in [2.05, 4.69) is 41.5 Å². The lowest BCUT2D eigenvalue weighted by atomic mass is 9.79. The first-order chi connectivity index (χ1) is 16.1. The zero-order valence-electron chi connectivity index (χ0n) is 19.2. The van der Waals surface area contributed by atoms with Gasteiger partial charge in [-0.1, -0.05) is 43.5 Å². The number of nitrogens with one attached hydrogen (secondary N) is 2. The number of hydrogen-bond donors (Lipinski definition) is 2. The minimum Gasteiger partial charge on any atom is -0.497 e. The van der Waals surface area contributed by atoms with Crippen LogP contribution in [-0.4, -0.2) is 23.0 Å². The SMILES string of the molecule is COc1cccc(C(=O)NC2(c3cc(-c4cc(C)c5ccccc5n4)c[nH]3)CCCCC2)c1. The molecule has 2 aromatic heterocycles. The molecule has 0 spiro atoms. The molecular formula is C28H29N3O2. The number of H-pyrrole nitrogens is 1. The molecule has 2 N–H and O–H groups in total. The maximum Gasteiger partial charge on any atom is 0.252 e. The smallest absolute Gasteiger partial charge is 0.252 e. The van der Waals surface area contributed by atoms with Crippen molar-refractivity contribution in [2.24, 2.45) is 0 Å². The van der Waals surface area contributed by atoms with Gasteiger partial charge in [0.1, 0.15) is 5.75 Å². The van der Waals surface area contributed by atoms with Crippen LogP contribution in [0.3, 0.4) is 0 Å². The zero-order valence-corrected chi connectivity index (χ0v) is 19.2. The Hall–Kier alpha value is -3.60. The van der Waals surface area contributed by atoms with Gasteiger partial charge >= 0.3 is 0 Å². The number of methoxy groups -OCH3 is 1. The van der Waals surface area contributed by atoms with Gasteiger partial charge in [-0.15, -0.1) is 0 Å². The van der Waals surface area contributed by atoms with E-state index in [1.165, 1.54) is 17.4 Å². The molecule has 2 aromatic carbocycles. The summed E-state index contributed by atoms with van der Waals surface area (Å²) in [7, 11) is 1.61. The molecule has 5 heteroatoms. The van der Waals surface area contributed by atoms with Gasteiger partial charge in [-0.3, -0.25) is 4.79 Å². The third kappa shape index (κ3) is 4.11. The van der Waals surface area contributed by atoms with Gasteiger partial charge in [-0.05, 0) is 61.7 Å². The van der Waals surface area contributed by atoms with E-state index in [0.29, 0.717) is 11.3 Å². The minimum atomic E-state index is -0.414. The molecule has 168 valence electrons. The Kier molecular flexibility index (Phi) is 5.63. The first-order valence-corrected chi connectivity index (χ1v) is 11.6. The molecule has 1 aliphatic carbocycles. The van der Waals surface area contributed by atoms with Crippen molar-refractivity contribution in [1.29, 1.82) is 0 Å². The normalized spacial score (nSPS) is 15.3. The maximum absolute atomic E-state index is 13.2. The molecule has 5 nitrogen and oxygen atoms in total. The third-order valence-electron chi connectivity index (χ3n) is 6.81. The lowest BCUT2D eigenvalue weighted by molar-refractivity contribution is 0.0862. The number of nitrogens with zero attached hydrogens (tertiary/aromatic N) is 1. The second-order valence-corrected chi connectivity index (χ2v) is 8.97. The van der Waals surface area contributed by atoms with Gasteiger partial charge in [0, 0.05) is 28.4 Å². The predicted octanol–water partition coefficient (Wildman–Crippen LogP) is 6.14. The molecule has 2 heterocycles. The first kappa shape index (κ1) is 21.3. The van der Waals surface area contributed by atoms with Crippen LogP contribution in [0.15, 0.2) is 66.9 Å². The largest absolute Gasteiger partial charge is 0.497 e. The number of hydrogen-bond acceptors (Lipinski definition) is 3. The van der Waals surface area contributed by atoms with E-state index >= 15 is 0 Å². The average molecular weight is 440 g/mol. The molecular weight excluding hydrogens is 410 g/mol. The van der Waals surface area contributed by atoms with Crippen molar-refractivity contribution in [1.82, 2.24) is 15.3 Å². The van der Waals surface area contributed by atoms with Gasteiger partial charge in [0.05, 0.1) is 23.9 Å². The minimum absolute atomic E-state index is 0.0772. The van der Waals surface area contributed by atoms with Crippen LogP contribution in [0.25, 0.3) is 22.2 Å². The summed E-state index contributed by atoms with van der Waals surface area (Å²) >= 11 is 0. The predicted molar refractivity (Wildman–Crippen MR) is 131 cm³/mol. The number of carbonyl (C=O) groups excluding carboxylic acids is 1. The second-order valence-electron chi connectivity index (χ2n) is 8.97. The number of ether oxygens (including phenoxy) is 1. The number of aryl methyl sites for hydroxylation is 1. The molecule has 5 rings (SSSR count). The molecule has 1 amide bonds. The number of aromatic nitrogens is 2. The highest BCUT2D eigenvalue weighted by Gasteiger charge is 2.37. The van der Waals surface area contributed by atoms with Gasteiger partial charge in [0.25, 0.3) is 5.91 Å². The van der Waals surface area contributed by atoms with Crippen molar-refractivity contribution in [2.45, 2.75) is 44.6 Å². The molecule has 1 saturated carbocycles. The molecule has 33 heavy (non-hydrogen) atoms. The van der Waals surface area contributed by atoms with Gasteiger partial charge in [-0.2, -0.15) is 0 Å². The molecule has 0 bridgehead atoms. The van der Waals surface area contributed by atoms with Crippen LogP contribution in [0, 0.1) is 6.92 Å². The van der Waals surface area contributed by atoms with Crippen LogP contribution in [0.1, 0.15) is 53.7 Å². The molecule has 0 aliphatic heterocycles. The standard InChI is InChI=1S/C28H29N3O2/c1-19-15-25(30-24-12-5-4-11-23(19)24)21-17-26(29-18-21)28(13-6-3-7-14-28)31-27(32)20-9-8-10-22(16-20)33-2/h4-5,8-12,15-18,29H,3,6-7,13-14H2,1-2H3,(H,31,32). The van der Waals surface area contributed by atoms with Crippen LogP contribution in [0.4, 0.5) is 0 Å². The van der Waals surface area contributed by atoms with Gasteiger partial charge in [0.2, 0.25) is 0 Å². The van der Waals surface area contributed by atoms with Crippen molar-refractivity contribution in [3.05, 3.63) is 83.7 Å². The Bertz CT molecular complexity index is 1300. The lowest BCUT2D eigenvalue weighted by Crippen LogP contribution is -2.47. The van der Waals surface area contributed by atoms with E-state index in [1.54, 1.807) is 13.2 Å². The average Bonchev–Trinajstić information content (AvgIpc) is 3.36. The summed E-state index contributed by atoms with van der Waals surface area (Å²) in [5.41, 5.74) is 5.42. The Morgan fingerprint density at radius 1 is 1.03 bits per heavy atom. The van der Waals surface area contributed by atoms with Crippen LogP contribution in [0.5, 0.6) is 5.75 Å². The van der Waals surface area contributed by atoms with Gasteiger partial charge < -0.3 is 15.0 Å². The van der Waals surface area contributed by atoms with Gasteiger partial charge in [0.15, 0.2) is 0 Å². The number of rotatable bonds is 5. The Balaban J connectivity index is 1.48. The summed E-state index contributed by atoms with van der Waals surface area (Å²) in [4.78, 5) is 21.6. The fourth-order valence-corrected chi connectivity index (χ4v) is 4.99. The van der Waals surface area contributed by atoms with Crippen LogP contribution in [-0.2, 0) is 5.54 Å². The molecule has 4 aromatic rings. The topological polar surface area (TPSA) is 67.0 Å². The number of amides is 1. The van der Waals surface area contributed by atoms with E-state index in [-0.39, 0.29) is 5.91 Å². The molecule has 0 atom stereocenters. The molecule has 1 fully saturated rings. The highest BCUT2D eigenvalue weighted by molar-refractivity contribution is 5.95. The summed E-state index contributed by atoms with van der Waals surface area (Å²) in [6.45, 7) is 2.12. The Morgan fingerprint density at radius 3 is 2.67 bits per heavy atom. The summed E-state index contributed by atoms with van der Waals surface area (Å²) < 4.78 is 5.30. The molecule has 0 radical (unpaired) electrons. The number of fused-ring (bicyclic) bond motifs is 1. The number of benzene rings is 2. The van der Waals surface area contributed by atoms with E-state index in [1.807, 2.05) is 36.5 Å². The summed E-state index contributed by atoms with van der Waals surface area (Å²) in [5.74, 6) is 0.604. The van der Waals surface area contributed by atoms with Gasteiger partial charge in [-0.25, -0.2) is 4.98 Å². The van der Waals surface area contributed by atoms with E-state index < -0.39 is 5.54 Å². The number of aromatic amines is 1. The highest BCUT2D eigenvalue weighted by atomic mass is 16.5. The van der Waals surface area contributed by atoms with E-state index in [9.17, 15) is 4.79 Å². The van der Waals surface area contributed by atoms with Crippen LogP contribution in [0.2, 0.25) is 0 Å². The maximum atomic E-state index is 13.2. The Labute approximate surface area is 194 Å². The second kappa shape index (κ2) is 8.74. The number of carbonyl (C=O) groups is 1. The highest BCUT2D eigenvalue weighted by Crippen LogP contribution is 2.38. The van der Waals surface area contributed by atoms with Crippen molar-refractivity contribution < 1.29 is 9.53 Å². The monoisotopic (exact) mass is 439 g/mol. The number of pyridine rings is 1. The third-order valence-corrected chi connectivity index (χ3v) is 6.81.